The van der Waals surface area contributed by atoms with E-state index in [0.717, 1.165) is 5.69 Å². The summed E-state index contributed by atoms with van der Waals surface area (Å²) in [4.78, 5) is 25.1. The van der Waals surface area contributed by atoms with E-state index in [9.17, 15) is 9.59 Å². The Labute approximate surface area is 196 Å². The fourth-order valence-corrected chi connectivity index (χ4v) is 4.82. The SMILES string of the molecule is COC(=O)c1c(-c2ccccc2Cl)csc1NC(=O)CSc1nnnn1-c1ccccc1. The molecule has 0 saturated carbocycles. The molecule has 0 bridgehead atoms. The maximum Gasteiger partial charge on any atom is 0.341 e. The Bertz CT molecular complexity index is 1260. The van der Waals surface area contributed by atoms with Crippen molar-refractivity contribution in [2.75, 3.05) is 18.2 Å². The van der Waals surface area contributed by atoms with Gasteiger partial charge < -0.3 is 10.1 Å². The summed E-state index contributed by atoms with van der Waals surface area (Å²) in [6.07, 6.45) is 0. The van der Waals surface area contributed by atoms with E-state index in [0.29, 0.717) is 26.3 Å². The monoisotopic (exact) mass is 485 g/mol. The van der Waals surface area contributed by atoms with Crippen molar-refractivity contribution in [3.63, 3.8) is 0 Å². The third kappa shape index (κ3) is 4.67. The molecular formula is C21H16ClN5O3S2. The number of hydrogen-bond donors (Lipinski definition) is 1. The Kier molecular flexibility index (Phi) is 6.84. The van der Waals surface area contributed by atoms with E-state index >= 15 is 0 Å². The number of tetrazole rings is 1. The summed E-state index contributed by atoms with van der Waals surface area (Å²) in [7, 11) is 1.29. The number of thioether (sulfide) groups is 1. The Balaban J connectivity index is 1.52. The lowest BCUT2D eigenvalue weighted by Gasteiger charge is -2.09. The number of hydrogen-bond acceptors (Lipinski definition) is 8. The standard InChI is InChI=1S/C21H16ClN5O3S2/c1-30-20(29)18-15(14-9-5-6-10-16(14)22)11-31-19(18)23-17(28)12-32-21-24-25-26-27(21)13-7-3-2-4-8-13/h2-11H,12H2,1H3,(H,23,28). The molecule has 0 unspecified atom stereocenters. The number of nitrogens with zero attached hydrogens (tertiary/aromatic N) is 4. The van der Waals surface area contributed by atoms with Crippen LogP contribution in [0, 0.1) is 0 Å². The normalized spacial score (nSPS) is 10.7. The number of amides is 1. The smallest absolute Gasteiger partial charge is 0.341 e. The van der Waals surface area contributed by atoms with Crippen LogP contribution in [0.2, 0.25) is 5.02 Å². The predicted octanol–water partition coefficient (Wildman–Crippen LogP) is 4.56. The van der Waals surface area contributed by atoms with E-state index in [-0.39, 0.29) is 17.2 Å². The molecule has 1 N–H and O–H groups in total. The van der Waals surface area contributed by atoms with Gasteiger partial charge in [-0.15, -0.1) is 16.4 Å². The van der Waals surface area contributed by atoms with E-state index in [1.165, 1.54) is 30.2 Å². The molecule has 0 saturated heterocycles. The van der Waals surface area contributed by atoms with Gasteiger partial charge in [-0.2, -0.15) is 4.68 Å². The summed E-state index contributed by atoms with van der Waals surface area (Å²) in [6, 6.07) is 16.6. The molecule has 0 aliphatic carbocycles. The molecule has 0 spiro atoms. The summed E-state index contributed by atoms with van der Waals surface area (Å²) in [5.74, 6) is -0.819. The van der Waals surface area contributed by atoms with Crippen LogP contribution in [0.15, 0.2) is 65.1 Å². The lowest BCUT2D eigenvalue weighted by molar-refractivity contribution is -0.113. The number of aromatic nitrogens is 4. The fourth-order valence-electron chi connectivity index (χ4n) is 2.93. The summed E-state index contributed by atoms with van der Waals surface area (Å²) in [6.45, 7) is 0. The van der Waals surface area contributed by atoms with Gasteiger partial charge in [0.05, 0.1) is 18.6 Å². The average Bonchev–Trinajstić information content (AvgIpc) is 3.45. The summed E-state index contributed by atoms with van der Waals surface area (Å²) < 4.78 is 6.49. The quantitative estimate of drug-likeness (QED) is 0.302. The minimum Gasteiger partial charge on any atom is -0.465 e. The third-order valence-electron chi connectivity index (χ3n) is 4.37. The van der Waals surface area contributed by atoms with E-state index in [1.807, 2.05) is 42.5 Å². The van der Waals surface area contributed by atoms with Crippen molar-refractivity contribution < 1.29 is 14.3 Å². The number of nitrogens with one attached hydrogen (secondary N) is 1. The lowest BCUT2D eigenvalue weighted by atomic mass is 10.0. The second-order valence-corrected chi connectivity index (χ2v) is 8.60. The highest BCUT2D eigenvalue weighted by atomic mass is 35.5. The van der Waals surface area contributed by atoms with E-state index in [2.05, 4.69) is 20.8 Å². The zero-order chi connectivity index (χ0) is 22.5. The number of carbonyl (C=O) groups is 2. The van der Waals surface area contributed by atoms with Crippen molar-refractivity contribution in [1.29, 1.82) is 0 Å². The van der Waals surface area contributed by atoms with Gasteiger partial charge in [-0.25, -0.2) is 4.79 Å². The molecule has 32 heavy (non-hydrogen) atoms. The highest BCUT2D eigenvalue weighted by Crippen LogP contribution is 2.39. The maximum atomic E-state index is 12.7. The number of methoxy groups -OCH3 is 1. The number of rotatable bonds is 7. The van der Waals surface area contributed by atoms with E-state index in [1.54, 1.807) is 22.2 Å². The van der Waals surface area contributed by atoms with Crippen molar-refractivity contribution in [2.24, 2.45) is 0 Å². The van der Waals surface area contributed by atoms with Gasteiger partial charge in [0.2, 0.25) is 11.1 Å². The summed E-state index contributed by atoms with van der Waals surface area (Å²) in [5.41, 5.74) is 2.33. The second kappa shape index (κ2) is 9.94. The van der Waals surface area contributed by atoms with Crippen molar-refractivity contribution >= 4 is 51.6 Å². The lowest BCUT2D eigenvalue weighted by Crippen LogP contribution is -2.16. The molecule has 0 radical (unpaired) electrons. The van der Waals surface area contributed by atoms with Crippen LogP contribution in [-0.2, 0) is 9.53 Å². The number of ether oxygens (including phenoxy) is 1. The molecule has 0 aliphatic rings. The minimum atomic E-state index is -0.558. The Morgan fingerprint density at radius 1 is 1.12 bits per heavy atom. The predicted molar refractivity (Wildman–Crippen MR) is 125 cm³/mol. The number of esters is 1. The molecule has 0 aliphatic heterocycles. The number of benzene rings is 2. The number of halogens is 1. The van der Waals surface area contributed by atoms with Crippen LogP contribution in [0.25, 0.3) is 16.8 Å². The van der Waals surface area contributed by atoms with Crippen molar-refractivity contribution in [2.45, 2.75) is 5.16 Å². The summed E-state index contributed by atoms with van der Waals surface area (Å²) in [5, 5.41) is 17.6. The van der Waals surface area contributed by atoms with Crippen LogP contribution in [0.4, 0.5) is 5.00 Å². The Morgan fingerprint density at radius 2 is 1.88 bits per heavy atom. The van der Waals surface area contributed by atoms with Crippen molar-refractivity contribution in [3.05, 3.63) is 70.6 Å². The first-order valence-electron chi connectivity index (χ1n) is 9.29. The van der Waals surface area contributed by atoms with Crippen LogP contribution >= 0.6 is 34.7 Å². The number of carbonyl (C=O) groups excluding carboxylic acids is 2. The zero-order valence-electron chi connectivity index (χ0n) is 16.7. The number of para-hydroxylation sites is 1. The second-order valence-electron chi connectivity index (χ2n) is 6.37. The van der Waals surface area contributed by atoms with Gasteiger partial charge in [-0.05, 0) is 28.6 Å². The molecule has 8 nitrogen and oxygen atoms in total. The van der Waals surface area contributed by atoms with Crippen LogP contribution in [0.3, 0.4) is 0 Å². The van der Waals surface area contributed by atoms with Gasteiger partial charge >= 0.3 is 5.97 Å². The molecule has 4 rings (SSSR count). The largest absolute Gasteiger partial charge is 0.465 e. The maximum absolute atomic E-state index is 12.7. The molecule has 2 aromatic heterocycles. The van der Waals surface area contributed by atoms with Gasteiger partial charge in [0, 0.05) is 21.5 Å². The van der Waals surface area contributed by atoms with Crippen LogP contribution in [0.1, 0.15) is 10.4 Å². The first-order chi connectivity index (χ1) is 15.6. The highest BCUT2D eigenvalue weighted by molar-refractivity contribution is 7.99. The summed E-state index contributed by atoms with van der Waals surface area (Å²) >= 11 is 8.72. The topological polar surface area (TPSA) is 99.0 Å². The Hall–Kier alpha value is -3.21. The van der Waals surface area contributed by atoms with Gasteiger partial charge in [-0.3, -0.25) is 4.79 Å². The third-order valence-corrected chi connectivity index (χ3v) is 6.52. The fraction of sp³-hybridized carbons (Fsp3) is 0.0952. The molecule has 4 aromatic rings. The van der Waals surface area contributed by atoms with Gasteiger partial charge in [0.25, 0.3) is 0 Å². The van der Waals surface area contributed by atoms with Crippen LogP contribution in [-0.4, -0.2) is 44.9 Å². The van der Waals surface area contributed by atoms with Gasteiger partial charge in [0.15, 0.2) is 0 Å². The molecule has 1 amide bonds. The molecule has 0 atom stereocenters. The molecule has 162 valence electrons. The first kappa shape index (κ1) is 22.0. The zero-order valence-corrected chi connectivity index (χ0v) is 19.1. The van der Waals surface area contributed by atoms with Crippen LogP contribution in [0.5, 0.6) is 0 Å². The first-order valence-corrected chi connectivity index (χ1v) is 11.5. The minimum absolute atomic E-state index is 0.0488. The van der Waals surface area contributed by atoms with Crippen LogP contribution < -0.4 is 5.32 Å². The average molecular weight is 486 g/mol. The number of thiophene rings is 1. The van der Waals surface area contributed by atoms with Gasteiger partial charge in [-0.1, -0.05) is 59.8 Å². The van der Waals surface area contributed by atoms with Gasteiger partial charge in [0.1, 0.15) is 10.6 Å². The highest BCUT2D eigenvalue weighted by Gasteiger charge is 2.23. The molecule has 2 heterocycles. The Morgan fingerprint density at radius 3 is 2.62 bits per heavy atom. The van der Waals surface area contributed by atoms with E-state index < -0.39 is 5.97 Å². The number of anilines is 1. The van der Waals surface area contributed by atoms with Crippen molar-refractivity contribution in [1.82, 2.24) is 20.2 Å². The molecule has 11 heteroatoms. The molecule has 2 aromatic carbocycles. The van der Waals surface area contributed by atoms with E-state index in [4.69, 9.17) is 16.3 Å². The van der Waals surface area contributed by atoms with Crippen molar-refractivity contribution in [3.8, 4) is 16.8 Å². The molecular weight excluding hydrogens is 470 g/mol. The molecule has 0 fully saturated rings.